The Morgan fingerprint density at radius 2 is 1.83 bits per heavy atom. The Balaban J connectivity index is 2.72. The molecule has 1 rings (SSSR count). The van der Waals surface area contributed by atoms with E-state index in [0.29, 0.717) is 5.56 Å². The third kappa shape index (κ3) is 4.08. The second kappa shape index (κ2) is 6.05. The first kappa shape index (κ1) is 14.0. The predicted octanol–water partition coefficient (Wildman–Crippen LogP) is -0.175. The Kier molecular flexibility index (Phi) is 4.71. The number of phenols is 1. The number of carboxylic acids is 1. The van der Waals surface area contributed by atoms with Crippen molar-refractivity contribution in [3.8, 4) is 5.75 Å². The number of amides is 1. The standard InChI is InChI=1S/C13H17NO4/c1-8(2)12(16)14-11(13(17)18)7-9-3-5-10(15)6-4-9/h3-6,8,11,15H,7H2,1-2H3,(H,14,16)(H,17,18)/p-1. The lowest BCUT2D eigenvalue weighted by molar-refractivity contribution is -0.308. The number of benzene rings is 1. The first-order valence-electron chi connectivity index (χ1n) is 5.69. The van der Waals surface area contributed by atoms with Gasteiger partial charge in [0.2, 0.25) is 5.91 Å². The van der Waals surface area contributed by atoms with E-state index in [-0.39, 0.29) is 24.0 Å². The van der Waals surface area contributed by atoms with Crippen molar-refractivity contribution < 1.29 is 19.8 Å². The molecule has 0 saturated heterocycles. The molecule has 0 radical (unpaired) electrons. The van der Waals surface area contributed by atoms with Crippen molar-refractivity contribution in [2.24, 2.45) is 5.92 Å². The number of carbonyl (C=O) groups excluding carboxylic acids is 2. The van der Waals surface area contributed by atoms with Crippen LogP contribution >= 0.6 is 0 Å². The fourth-order valence-corrected chi connectivity index (χ4v) is 1.40. The number of carboxylic acid groups (broad SMARTS) is 1. The van der Waals surface area contributed by atoms with Crippen LogP contribution in [0, 0.1) is 5.92 Å². The molecule has 1 amide bonds. The van der Waals surface area contributed by atoms with Gasteiger partial charge in [0.15, 0.2) is 0 Å². The van der Waals surface area contributed by atoms with Gasteiger partial charge in [-0.15, -0.1) is 0 Å². The molecular weight excluding hydrogens is 234 g/mol. The molecule has 5 nitrogen and oxygen atoms in total. The van der Waals surface area contributed by atoms with Gasteiger partial charge in [-0.1, -0.05) is 26.0 Å². The van der Waals surface area contributed by atoms with Crippen molar-refractivity contribution in [2.75, 3.05) is 0 Å². The van der Waals surface area contributed by atoms with Crippen LogP contribution in [0.5, 0.6) is 5.75 Å². The third-order valence-electron chi connectivity index (χ3n) is 2.50. The van der Waals surface area contributed by atoms with E-state index in [0.717, 1.165) is 0 Å². The average molecular weight is 250 g/mol. The Labute approximate surface area is 105 Å². The number of phenolic OH excluding ortho intramolecular Hbond substituents is 1. The zero-order valence-electron chi connectivity index (χ0n) is 10.3. The van der Waals surface area contributed by atoms with Gasteiger partial charge in [0.05, 0.1) is 12.0 Å². The topological polar surface area (TPSA) is 89.5 Å². The molecule has 0 bridgehead atoms. The molecule has 1 aromatic carbocycles. The number of carbonyl (C=O) groups is 2. The summed E-state index contributed by atoms with van der Waals surface area (Å²) >= 11 is 0. The van der Waals surface area contributed by atoms with Crippen LogP contribution in [0.3, 0.4) is 0 Å². The maximum Gasteiger partial charge on any atom is 0.223 e. The third-order valence-corrected chi connectivity index (χ3v) is 2.50. The summed E-state index contributed by atoms with van der Waals surface area (Å²) < 4.78 is 0. The van der Waals surface area contributed by atoms with E-state index in [9.17, 15) is 14.7 Å². The Morgan fingerprint density at radius 3 is 2.28 bits per heavy atom. The van der Waals surface area contributed by atoms with Crippen molar-refractivity contribution in [1.82, 2.24) is 5.32 Å². The van der Waals surface area contributed by atoms with Crippen molar-refractivity contribution >= 4 is 11.9 Å². The zero-order chi connectivity index (χ0) is 13.7. The van der Waals surface area contributed by atoms with Crippen molar-refractivity contribution in [1.29, 1.82) is 0 Å². The number of nitrogens with one attached hydrogen (secondary N) is 1. The first-order chi connectivity index (χ1) is 8.40. The first-order valence-corrected chi connectivity index (χ1v) is 5.69. The van der Waals surface area contributed by atoms with Gasteiger partial charge < -0.3 is 20.3 Å². The van der Waals surface area contributed by atoms with Crippen molar-refractivity contribution in [3.05, 3.63) is 29.8 Å². The van der Waals surface area contributed by atoms with Crippen molar-refractivity contribution in [2.45, 2.75) is 26.3 Å². The molecule has 98 valence electrons. The fourth-order valence-electron chi connectivity index (χ4n) is 1.40. The molecular formula is C13H16NO4-. The lowest BCUT2D eigenvalue weighted by Gasteiger charge is -2.21. The molecule has 0 fully saturated rings. The van der Waals surface area contributed by atoms with Crippen LogP contribution in [0.25, 0.3) is 0 Å². The number of hydrogen-bond acceptors (Lipinski definition) is 4. The lowest BCUT2D eigenvalue weighted by Crippen LogP contribution is -2.50. The normalized spacial score (nSPS) is 12.2. The smallest absolute Gasteiger partial charge is 0.223 e. The highest BCUT2D eigenvalue weighted by Crippen LogP contribution is 2.11. The van der Waals surface area contributed by atoms with Crippen LogP contribution in [0.4, 0.5) is 0 Å². The summed E-state index contributed by atoms with van der Waals surface area (Å²) in [5.74, 6) is -1.83. The van der Waals surface area contributed by atoms with Crippen LogP contribution in [-0.2, 0) is 16.0 Å². The van der Waals surface area contributed by atoms with Gasteiger partial charge in [0, 0.05) is 5.92 Å². The van der Waals surface area contributed by atoms with E-state index in [4.69, 9.17) is 5.11 Å². The van der Waals surface area contributed by atoms with E-state index < -0.39 is 12.0 Å². The highest BCUT2D eigenvalue weighted by Gasteiger charge is 2.16. The highest BCUT2D eigenvalue weighted by molar-refractivity contribution is 5.84. The molecule has 0 aliphatic rings. The Morgan fingerprint density at radius 1 is 1.28 bits per heavy atom. The van der Waals surface area contributed by atoms with Gasteiger partial charge in [0.1, 0.15) is 5.75 Å². The van der Waals surface area contributed by atoms with Gasteiger partial charge in [-0.25, -0.2) is 0 Å². The maximum absolute atomic E-state index is 11.5. The number of rotatable bonds is 5. The molecule has 5 heteroatoms. The molecule has 0 spiro atoms. The van der Waals surface area contributed by atoms with Crippen LogP contribution in [0.15, 0.2) is 24.3 Å². The van der Waals surface area contributed by atoms with E-state index in [1.165, 1.54) is 12.1 Å². The molecule has 1 aromatic rings. The monoisotopic (exact) mass is 250 g/mol. The molecule has 0 aliphatic heterocycles. The largest absolute Gasteiger partial charge is 0.548 e. The second-order valence-electron chi connectivity index (χ2n) is 4.41. The molecule has 18 heavy (non-hydrogen) atoms. The van der Waals surface area contributed by atoms with E-state index in [2.05, 4.69) is 5.32 Å². The number of hydrogen-bond donors (Lipinski definition) is 2. The SMILES string of the molecule is CC(C)C(=O)NC(Cc1ccc(O)cc1)C(=O)[O-]. The number of aromatic hydroxyl groups is 1. The van der Waals surface area contributed by atoms with Gasteiger partial charge in [-0.3, -0.25) is 4.79 Å². The molecule has 0 heterocycles. The fraction of sp³-hybridized carbons (Fsp3) is 0.385. The quantitative estimate of drug-likeness (QED) is 0.759. The van der Waals surface area contributed by atoms with Gasteiger partial charge in [0.25, 0.3) is 0 Å². The maximum atomic E-state index is 11.5. The molecule has 0 saturated carbocycles. The van der Waals surface area contributed by atoms with Crippen LogP contribution in [0.1, 0.15) is 19.4 Å². The van der Waals surface area contributed by atoms with Gasteiger partial charge >= 0.3 is 0 Å². The van der Waals surface area contributed by atoms with Crippen LogP contribution in [-0.4, -0.2) is 23.0 Å². The van der Waals surface area contributed by atoms with Gasteiger partial charge in [-0.2, -0.15) is 0 Å². The van der Waals surface area contributed by atoms with Crippen molar-refractivity contribution in [3.63, 3.8) is 0 Å². The minimum absolute atomic E-state index is 0.106. The van der Waals surface area contributed by atoms with Crippen LogP contribution in [0.2, 0.25) is 0 Å². The molecule has 2 N–H and O–H groups in total. The Hall–Kier alpha value is -2.04. The zero-order valence-corrected chi connectivity index (χ0v) is 10.3. The molecule has 1 unspecified atom stereocenters. The number of aliphatic carboxylic acids is 1. The average Bonchev–Trinajstić information content (AvgIpc) is 2.30. The summed E-state index contributed by atoms with van der Waals surface area (Å²) in [5.41, 5.74) is 0.700. The van der Waals surface area contributed by atoms with Gasteiger partial charge in [-0.05, 0) is 24.1 Å². The van der Waals surface area contributed by atoms with E-state index in [1.54, 1.807) is 26.0 Å². The summed E-state index contributed by atoms with van der Waals surface area (Å²) in [4.78, 5) is 22.4. The summed E-state index contributed by atoms with van der Waals surface area (Å²) in [6.07, 6.45) is 0.126. The summed E-state index contributed by atoms with van der Waals surface area (Å²) in [5, 5.41) is 22.5. The highest BCUT2D eigenvalue weighted by atomic mass is 16.4. The molecule has 1 atom stereocenters. The van der Waals surface area contributed by atoms with E-state index >= 15 is 0 Å². The predicted molar refractivity (Wildman–Crippen MR) is 63.6 cm³/mol. The van der Waals surface area contributed by atoms with Crippen LogP contribution < -0.4 is 10.4 Å². The summed E-state index contributed by atoms with van der Waals surface area (Å²) in [6.45, 7) is 3.37. The minimum Gasteiger partial charge on any atom is -0.548 e. The molecule has 0 aliphatic carbocycles. The Bertz CT molecular complexity index is 425. The molecule has 0 aromatic heterocycles. The summed E-state index contributed by atoms with van der Waals surface area (Å²) in [6, 6.07) is 5.07. The minimum atomic E-state index is -1.32. The summed E-state index contributed by atoms with van der Waals surface area (Å²) in [7, 11) is 0. The van der Waals surface area contributed by atoms with E-state index in [1.807, 2.05) is 0 Å². The second-order valence-corrected chi connectivity index (χ2v) is 4.41. The lowest BCUT2D eigenvalue weighted by atomic mass is 10.0.